The maximum absolute atomic E-state index is 13.0. The number of para-hydroxylation sites is 3. The SMILES string of the molecule is C[C@@H](O)CNc1nc2ccccc2n1CC(=O)N1CCc2ccccc21. The number of benzene rings is 2. The quantitative estimate of drug-likeness (QED) is 0.741. The van der Waals surface area contributed by atoms with E-state index in [4.69, 9.17) is 0 Å². The normalized spacial score (nSPS) is 14.5. The highest BCUT2D eigenvalue weighted by Gasteiger charge is 2.25. The summed E-state index contributed by atoms with van der Waals surface area (Å²) in [6.45, 7) is 3.01. The summed E-state index contributed by atoms with van der Waals surface area (Å²) < 4.78 is 1.89. The van der Waals surface area contributed by atoms with Gasteiger partial charge in [0.05, 0.1) is 17.1 Å². The summed E-state index contributed by atoms with van der Waals surface area (Å²) in [5.41, 5.74) is 3.95. The van der Waals surface area contributed by atoms with Crippen LogP contribution in [0.4, 0.5) is 11.6 Å². The lowest BCUT2D eigenvalue weighted by atomic mass is 10.2. The average Bonchev–Trinajstić information content (AvgIpc) is 3.22. The average molecular weight is 350 g/mol. The Morgan fingerprint density at radius 2 is 2.00 bits per heavy atom. The monoisotopic (exact) mass is 350 g/mol. The van der Waals surface area contributed by atoms with Gasteiger partial charge in [-0.25, -0.2) is 4.98 Å². The number of carbonyl (C=O) groups is 1. The summed E-state index contributed by atoms with van der Waals surface area (Å²) in [6.07, 6.45) is 0.393. The van der Waals surface area contributed by atoms with Gasteiger partial charge in [0.2, 0.25) is 11.9 Å². The molecule has 0 aliphatic carbocycles. The lowest BCUT2D eigenvalue weighted by molar-refractivity contribution is -0.119. The van der Waals surface area contributed by atoms with Crippen LogP contribution in [-0.4, -0.2) is 39.8 Å². The number of anilines is 2. The number of aliphatic hydroxyl groups excluding tert-OH is 1. The number of amides is 1. The van der Waals surface area contributed by atoms with Gasteiger partial charge in [-0.2, -0.15) is 0 Å². The second-order valence-electron chi connectivity index (χ2n) is 6.66. The third-order valence-electron chi connectivity index (χ3n) is 4.69. The number of nitrogens with zero attached hydrogens (tertiary/aromatic N) is 3. The van der Waals surface area contributed by atoms with Gasteiger partial charge in [-0.3, -0.25) is 4.79 Å². The van der Waals surface area contributed by atoms with Crippen LogP contribution in [0.25, 0.3) is 11.0 Å². The Hall–Kier alpha value is -2.86. The van der Waals surface area contributed by atoms with Crippen LogP contribution in [0.3, 0.4) is 0 Å². The molecule has 0 radical (unpaired) electrons. The first-order valence-electron chi connectivity index (χ1n) is 8.89. The number of aliphatic hydroxyl groups is 1. The fraction of sp³-hybridized carbons (Fsp3) is 0.300. The van der Waals surface area contributed by atoms with Crippen LogP contribution in [0, 0.1) is 0 Å². The summed E-state index contributed by atoms with van der Waals surface area (Å²) in [7, 11) is 0. The highest BCUT2D eigenvalue weighted by molar-refractivity contribution is 5.96. The third-order valence-corrected chi connectivity index (χ3v) is 4.69. The second kappa shape index (κ2) is 6.80. The molecule has 1 aliphatic rings. The molecule has 0 fully saturated rings. The molecular formula is C20H22N4O2. The standard InChI is InChI=1S/C20H22N4O2/c1-14(25)12-21-20-22-16-7-3-5-9-18(16)24(20)13-19(26)23-11-10-15-6-2-4-8-17(15)23/h2-9,14,25H,10-13H2,1H3,(H,21,22)/t14-/m1/s1. The molecule has 134 valence electrons. The van der Waals surface area contributed by atoms with E-state index < -0.39 is 6.10 Å². The van der Waals surface area contributed by atoms with E-state index >= 15 is 0 Å². The highest BCUT2D eigenvalue weighted by atomic mass is 16.3. The molecular weight excluding hydrogens is 328 g/mol. The molecule has 1 amide bonds. The minimum absolute atomic E-state index is 0.0400. The first kappa shape index (κ1) is 16.6. The third kappa shape index (κ3) is 3.04. The van der Waals surface area contributed by atoms with Gasteiger partial charge in [0.25, 0.3) is 0 Å². The molecule has 0 saturated heterocycles. The van der Waals surface area contributed by atoms with Crippen molar-refractivity contribution in [2.75, 3.05) is 23.3 Å². The first-order chi connectivity index (χ1) is 12.6. The molecule has 2 heterocycles. The van der Waals surface area contributed by atoms with E-state index in [1.54, 1.807) is 6.92 Å². The molecule has 6 nitrogen and oxygen atoms in total. The summed E-state index contributed by atoms with van der Waals surface area (Å²) in [4.78, 5) is 19.4. The zero-order valence-corrected chi connectivity index (χ0v) is 14.7. The zero-order valence-electron chi connectivity index (χ0n) is 14.7. The van der Waals surface area contributed by atoms with Gasteiger partial charge in [-0.15, -0.1) is 0 Å². The molecule has 0 saturated carbocycles. The van der Waals surface area contributed by atoms with Crippen molar-refractivity contribution >= 4 is 28.6 Å². The molecule has 1 atom stereocenters. The number of hydrogen-bond donors (Lipinski definition) is 2. The van der Waals surface area contributed by atoms with Crippen LogP contribution in [0.1, 0.15) is 12.5 Å². The van der Waals surface area contributed by atoms with E-state index in [0.717, 1.165) is 23.1 Å². The molecule has 4 rings (SSSR count). The molecule has 1 aliphatic heterocycles. The Morgan fingerprint density at radius 3 is 2.85 bits per heavy atom. The van der Waals surface area contributed by atoms with Crippen molar-refractivity contribution in [1.82, 2.24) is 9.55 Å². The van der Waals surface area contributed by atoms with Gasteiger partial charge in [-0.05, 0) is 37.1 Å². The van der Waals surface area contributed by atoms with Crippen LogP contribution in [0.2, 0.25) is 0 Å². The van der Waals surface area contributed by atoms with Gasteiger partial charge in [0.15, 0.2) is 0 Å². The topological polar surface area (TPSA) is 70.4 Å². The van der Waals surface area contributed by atoms with Crippen LogP contribution in [-0.2, 0) is 17.8 Å². The fourth-order valence-electron chi connectivity index (χ4n) is 3.43. The predicted molar refractivity (Wildman–Crippen MR) is 102 cm³/mol. The van der Waals surface area contributed by atoms with Gasteiger partial charge in [0.1, 0.15) is 6.54 Å². The highest BCUT2D eigenvalue weighted by Crippen LogP contribution is 2.28. The summed E-state index contributed by atoms with van der Waals surface area (Å²) in [5, 5.41) is 12.7. The number of nitrogens with one attached hydrogen (secondary N) is 1. The largest absolute Gasteiger partial charge is 0.392 e. The Balaban J connectivity index is 1.64. The van der Waals surface area contributed by atoms with Crippen LogP contribution in [0.15, 0.2) is 48.5 Å². The van der Waals surface area contributed by atoms with E-state index in [1.807, 2.05) is 51.9 Å². The molecule has 2 aromatic carbocycles. The van der Waals surface area contributed by atoms with Crippen molar-refractivity contribution in [3.05, 3.63) is 54.1 Å². The summed E-state index contributed by atoms with van der Waals surface area (Å²) >= 11 is 0. The number of hydrogen-bond acceptors (Lipinski definition) is 4. The number of rotatable bonds is 5. The minimum Gasteiger partial charge on any atom is -0.392 e. The summed E-state index contributed by atoms with van der Waals surface area (Å²) in [6, 6.07) is 15.8. The van der Waals surface area contributed by atoms with Crippen LogP contribution < -0.4 is 10.2 Å². The van der Waals surface area contributed by atoms with Crippen molar-refractivity contribution < 1.29 is 9.90 Å². The first-order valence-corrected chi connectivity index (χ1v) is 8.89. The molecule has 0 spiro atoms. The van der Waals surface area contributed by atoms with Gasteiger partial charge >= 0.3 is 0 Å². The Labute approximate surface area is 152 Å². The lowest BCUT2D eigenvalue weighted by Gasteiger charge is -2.19. The van der Waals surface area contributed by atoms with Crippen molar-refractivity contribution in [3.63, 3.8) is 0 Å². The van der Waals surface area contributed by atoms with Crippen molar-refractivity contribution in [2.45, 2.75) is 26.0 Å². The Morgan fingerprint density at radius 1 is 1.23 bits per heavy atom. The minimum atomic E-state index is -0.496. The molecule has 26 heavy (non-hydrogen) atoms. The number of imidazole rings is 1. The van der Waals surface area contributed by atoms with E-state index in [2.05, 4.69) is 16.4 Å². The molecule has 1 aromatic heterocycles. The van der Waals surface area contributed by atoms with E-state index in [-0.39, 0.29) is 12.5 Å². The van der Waals surface area contributed by atoms with Gasteiger partial charge < -0.3 is 19.9 Å². The van der Waals surface area contributed by atoms with Gasteiger partial charge in [0, 0.05) is 18.8 Å². The second-order valence-corrected chi connectivity index (χ2v) is 6.66. The van der Waals surface area contributed by atoms with E-state index in [1.165, 1.54) is 5.56 Å². The van der Waals surface area contributed by atoms with Crippen LogP contribution in [0.5, 0.6) is 0 Å². The molecule has 0 bridgehead atoms. The smallest absolute Gasteiger partial charge is 0.247 e. The predicted octanol–water partition coefficient (Wildman–Crippen LogP) is 2.42. The maximum atomic E-state index is 13.0. The van der Waals surface area contributed by atoms with Crippen LogP contribution >= 0.6 is 0 Å². The number of aromatic nitrogens is 2. The van der Waals surface area contributed by atoms with E-state index in [9.17, 15) is 9.90 Å². The Bertz CT molecular complexity index is 948. The molecule has 2 N–H and O–H groups in total. The maximum Gasteiger partial charge on any atom is 0.247 e. The van der Waals surface area contributed by atoms with Crippen molar-refractivity contribution in [3.8, 4) is 0 Å². The van der Waals surface area contributed by atoms with Gasteiger partial charge in [-0.1, -0.05) is 30.3 Å². The zero-order chi connectivity index (χ0) is 18.1. The van der Waals surface area contributed by atoms with Crippen molar-refractivity contribution in [1.29, 1.82) is 0 Å². The van der Waals surface area contributed by atoms with Crippen molar-refractivity contribution in [2.24, 2.45) is 0 Å². The number of carbonyl (C=O) groups excluding carboxylic acids is 1. The van der Waals surface area contributed by atoms with E-state index in [0.29, 0.717) is 19.0 Å². The number of fused-ring (bicyclic) bond motifs is 2. The fourth-order valence-corrected chi connectivity index (χ4v) is 3.43. The Kier molecular flexibility index (Phi) is 4.34. The summed E-state index contributed by atoms with van der Waals surface area (Å²) in [5.74, 6) is 0.645. The molecule has 6 heteroatoms. The lowest BCUT2D eigenvalue weighted by Crippen LogP contribution is -2.32. The molecule has 3 aromatic rings. The molecule has 0 unspecified atom stereocenters.